The first-order chi connectivity index (χ1) is 9.95. The molecule has 0 fully saturated rings. The summed E-state index contributed by atoms with van der Waals surface area (Å²) in [5.74, 6) is -0.163. The van der Waals surface area contributed by atoms with Crippen LogP contribution in [0.2, 0.25) is 0 Å². The molecular formula is C15H18FN3O2. The normalized spacial score (nSPS) is 12.4. The molecule has 0 aliphatic rings. The summed E-state index contributed by atoms with van der Waals surface area (Å²) in [4.78, 5) is 13.9. The predicted molar refractivity (Wildman–Crippen MR) is 77.2 cm³/mol. The first-order valence-corrected chi connectivity index (χ1v) is 6.64. The van der Waals surface area contributed by atoms with E-state index < -0.39 is 6.04 Å². The van der Waals surface area contributed by atoms with Crippen molar-refractivity contribution in [1.82, 2.24) is 10.1 Å². The van der Waals surface area contributed by atoms with Crippen LogP contribution in [0, 0.1) is 12.7 Å². The van der Waals surface area contributed by atoms with Gasteiger partial charge in [0.15, 0.2) is 0 Å². The lowest BCUT2D eigenvalue weighted by Crippen LogP contribution is -2.39. The summed E-state index contributed by atoms with van der Waals surface area (Å²) in [6.45, 7) is 4.03. The first kappa shape index (κ1) is 15.2. The lowest BCUT2D eigenvalue weighted by Gasteiger charge is -2.23. The number of nitrogens with zero attached hydrogens (tertiary/aromatic N) is 2. The van der Waals surface area contributed by atoms with Crippen LogP contribution in [0.4, 0.5) is 10.3 Å². The smallest absolute Gasteiger partial charge is 0.243 e. The van der Waals surface area contributed by atoms with Gasteiger partial charge in [-0.15, -0.1) is 0 Å². The molecule has 0 radical (unpaired) electrons. The molecule has 1 aromatic carbocycles. The molecule has 0 aliphatic carbocycles. The van der Waals surface area contributed by atoms with Gasteiger partial charge in [0.1, 0.15) is 5.82 Å². The fourth-order valence-electron chi connectivity index (χ4n) is 1.91. The number of anilines is 1. The molecule has 6 heteroatoms. The maximum Gasteiger partial charge on any atom is 0.243 e. The Morgan fingerprint density at radius 1 is 1.48 bits per heavy atom. The Morgan fingerprint density at radius 2 is 2.24 bits per heavy atom. The minimum atomic E-state index is -0.390. The van der Waals surface area contributed by atoms with E-state index in [1.165, 1.54) is 12.1 Å². The van der Waals surface area contributed by atoms with Crippen molar-refractivity contribution < 1.29 is 13.7 Å². The molecule has 0 aliphatic heterocycles. The van der Waals surface area contributed by atoms with Gasteiger partial charge in [-0.3, -0.25) is 15.0 Å². The van der Waals surface area contributed by atoms with E-state index in [2.05, 4.69) is 10.5 Å². The van der Waals surface area contributed by atoms with Gasteiger partial charge in [-0.25, -0.2) is 4.39 Å². The number of carbonyl (C=O) groups is 1. The Hall–Kier alpha value is -2.21. The second-order valence-corrected chi connectivity index (χ2v) is 5.04. The summed E-state index contributed by atoms with van der Waals surface area (Å²) >= 11 is 0. The standard InChI is InChI=1S/C15H18FN3O2/c1-10-7-14(21-18-10)17-15(20)11(2)19(3)9-12-5-4-6-13(16)8-12/h4-8,11H,9H2,1-3H3,(H,17,20). The van der Waals surface area contributed by atoms with Crippen molar-refractivity contribution in [3.63, 3.8) is 0 Å². The molecule has 1 unspecified atom stereocenters. The molecule has 2 aromatic rings. The van der Waals surface area contributed by atoms with E-state index in [4.69, 9.17) is 4.52 Å². The molecule has 0 saturated carbocycles. The fraction of sp³-hybridized carbons (Fsp3) is 0.333. The van der Waals surface area contributed by atoms with Crippen molar-refractivity contribution in [1.29, 1.82) is 0 Å². The number of likely N-dealkylation sites (N-methyl/N-ethyl adjacent to an activating group) is 1. The predicted octanol–water partition coefficient (Wildman–Crippen LogP) is 2.58. The summed E-state index contributed by atoms with van der Waals surface area (Å²) in [7, 11) is 1.81. The number of carbonyl (C=O) groups excluding carboxylic acids is 1. The third-order valence-electron chi connectivity index (χ3n) is 3.24. The molecule has 1 heterocycles. The van der Waals surface area contributed by atoms with E-state index in [1.54, 1.807) is 33.0 Å². The van der Waals surface area contributed by atoms with Crippen LogP contribution in [0.3, 0.4) is 0 Å². The number of nitrogens with one attached hydrogen (secondary N) is 1. The van der Waals surface area contributed by atoms with Crippen LogP contribution in [-0.2, 0) is 11.3 Å². The van der Waals surface area contributed by atoms with Gasteiger partial charge in [-0.2, -0.15) is 0 Å². The number of halogens is 1. The zero-order valence-corrected chi connectivity index (χ0v) is 12.3. The number of hydrogen-bond acceptors (Lipinski definition) is 4. The van der Waals surface area contributed by atoms with Gasteiger partial charge in [0.2, 0.25) is 11.8 Å². The number of benzene rings is 1. The SMILES string of the molecule is Cc1cc(NC(=O)C(C)N(C)Cc2cccc(F)c2)on1. The molecule has 1 N–H and O–H groups in total. The zero-order chi connectivity index (χ0) is 15.4. The maximum absolute atomic E-state index is 13.1. The Bertz CT molecular complexity index is 627. The Labute approximate surface area is 122 Å². The van der Waals surface area contributed by atoms with E-state index in [1.807, 2.05) is 11.0 Å². The van der Waals surface area contributed by atoms with Crippen LogP contribution in [0.5, 0.6) is 0 Å². The Balaban J connectivity index is 1.95. The molecule has 1 atom stereocenters. The van der Waals surface area contributed by atoms with E-state index >= 15 is 0 Å². The van der Waals surface area contributed by atoms with Gasteiger partial charge < -0.3 is 4.52 Å². The lowest BCUT2D eigenvalue weighted by atomic mass is 10.2. The van der Waals surface area contributed by atoms with Crippen LogP contribution >= 0.6 is 0 Å². The van der Waals surface area contributed by atoms with Gasteiger partial charge >= 0.3 is 0 Å². The van der Waals surface area contributed by atoms with Crippen LogP contribution < -0.4 is 5.32 Å². The fourth-order valence-corrected chi connectivity index (χ4v) is 1.91. The van der Waals surface area contributed by atoms with Crippen LogP contribution in [-0.4, -0.2) is 29.1 Å². The maximum atomic E-state index is 13.1. The summed E-state index contributed by atoms with van der Waals surface area (Å²) in [5.41, 5.74) is 1.51. The first-order valence-electron chi connectivity index (χ1n) is 6.64. The monoisotopic (exact) mass is 291 g/mol. The van der Waals surface area contributed by atoms with Crippen molar-refractivity contribution >= 4 is 11.8 Å². The van der Waals surface area contributed by atoms with Crippen molar-refractivity contribution in [2.45, 2.75) is 26.4 Å². The van der Waals surface area contributed by atoms with Gasteiger partial charge in [0.05, 0.1) is 11.7 Å². The highest BCUT2D eigenvalue weighted by Crippen LogP contribution is 2.12. The second-order valence-electron chi connectivity index (χ2n) is 5.04. The zero-order valence-electron chi connectivity index (χ0n) is 12.3. The van der Waals surface area contributed by atoms with Gasteiger partial charge in [-0.1, -0.05) is 17.3 Å². The van der Waals surface area contributed by atoms with E-state index in [-0.39, 0.29) is 11.7 Å². The van der Waals surface area contributed by atoms with Crippen LogP contribution in [0.1, 0.15) is 18.2 Å². The molecule has 2 rings (SSSR count). The molecule has 0 saturated heterocycles. The Morgan fingerprint density at radius 3 is 2.86 bits per heavy atom. The second kappa shape index (κ2) is 6.49. The molecule has 0 spiro atoms. The highest BCUT2D eigenvalue weighted by Gasteiger charge is 2.19. The highest BCUT2D eigenvalue weighted by atomic mass is 19.1. The summed E-state index contributed by atoms with van der Waals surface area (Å²) in [5, 5.41) is 6.36. The third kappa shape index (κ3) is 4.13. The average molecular weight is 291 g/mol. The average Bonchev–Trinajstić information content (AvgIpc) is 2.83. The molecule has 112 valence electrons. The van der Waals surface area contributed by atoms with E-state index in [0.29, 0.717) is 18.1 Å². The number of aromatic nitrogens is 1. The summed E-state index contributed by atoms with van der Waals surface area (Å²) in [6.07, 6.45) is 0. The van der Waals surface area contributed by atoms with Crippen molar-refractivity contribution in [2.24, 2.45) is 0 Å². The third-order valence-corrected chi connectivity index (χ3v) is 3.24. The van der Waals surface area contributed by atoms with Crippen LogP contribution in [0.15, 0.2) is 34.9 Å². The van der Waals surface area contributed by atoms with E-state index in [9.17, 15) is 9.18 Å². The van der Waals surface area contributed by atoms with Crippen molar-refractivity contribution in [3.8, 4) is 0 Å². The van der Waals surface area contributed by atoms with Crippen molar-refractivity contribution in [2.75, 3.05) is 12.4 Å². The van der Waals surface area contributed by atoms with Crippen LogP contribution in [0.25, 0.3) is 0 Å². The van der Waals surface area contributed by atoms with Gasteiger partial charge in [0, 0.05) is 12.6 Å². The number of amides is 1. The number of aryl methyl sites for hydroxylation is 1. The largest absolute Gasteiger partial charge is 0.338 e. The Kier molecular flexibility index (Phi) is 4.70. The summed E-state index contributed by atoms with van der Waals surface area (Å²) in [6, 6.07) is 7.59. The molecule has 0 bridgehead atoms. The topological polar surface area (TPSA) is 58.4 Å². The van der Waals surface area contributed by atoms with Gasteiger partial charge in [0.25, 0.3) is 0 Å². The van der Waals surface area contributed by atoms with E-state index in [0.717, 1.165) is 5.56 Å². The minimum Gasteiger partial charge on any atom is -0.338 e. The molecule has 5 nitrogen and oxygen atoms in total. The molecule has 21 heavy (non-hydrogen) atoms. The lowest BCUT2D eigenvalue weighted by molar-refractivity contribution is -0.120. The van der Waals surface area contributed by atoms with Gasteiger partial charge in [-0.05, 0) is 38.6 Å². The molecule has 1 aromatic heterocycles. The van der Waals surface area contributed by atoms with Crippen molar-refractivity contribution in [3.05, 3.63) is 47.4 Å². The molecular weight excluding hydrogens is 273 g/mol. The summed E-state index contributed by atoms with van der Waals surface area (Å²) < 4.78 is 18.1. The number of hydrogen-bond donors (Lipinski definition) is 1. The highest BCUT2D eigenvalue weighted by molar-refractivity contribution is 5.93. The molecule has 1 amide bonds. The minimum absolute atomic E-state index is 0.204. The number of rotatable bonds is 5. The quantitative estimate of drug-likeness (QED) is 0.920.